The molecule has 0 bridgehead atoms. The Bertz CT molecular complexity index is 759. The average molecular weight is 316 g/mol. The van der Waals surface area contributed by atoms with Gasteiger partial charge < -0.3 is 10.3 Å². The number of hydrogen-bond donors (Lipinski definition) is 2. The van der Waals surface area contributed by atoms with Crippen molar-refractivity contribution < 1.29 is 17.2 Å². The van der Waals surface area contributed by atoms with Gasteiger partial charge in [-0.2, -0.15) is 0 Å². The van der Waals surface area contributed by atoms with Gasteiger partial charge in [0.05, 0.1) is 0 Å². The molecule has 0 spiro atoms. The van der Waals surface area contributed by atoms with Crippen LogP contribution in [0.3, 0.4) is 0 Å². The fraction of sp³-hybridized carbons (Fsp3) is 0.250. The quantitative estimate of drug-likeness (QED) is 0.799. The van der Waals surface area contributed by atoms with E-state index < -0.39 is 32.2 Å². The molecule has 1 heterocycles. The van der Waals surface area contributed by atoms with E-state index in [1.54, 1.807) is 24.0 Å². The number of anilines is 1. The number of rotatable bonds is 5. The van der Waals surface area contributed by atoms with Crippen molar-refractivity contribution in [3.05, 3.63) is 42.0 Å². The van der Waals surface area contributed by atoms with Gasteiger partial charge in [0.1, 0.15) is 22.2 Å². The predicted molar refractivity (Wildman–Crippen MR) is 72.9 cm³/mol. The first-order valence-corrected chi connectivity index (χ1v) is 7.50. The molecular weight excluding hydrogens is 302 g/mol. The fourth-order valence-electron chi connectivity index (χ4n) is 1.77. The minimum atomic E-state index is -4.10. The number of aromatic nitrogens is 2. The monoisotopic (exact) mass is 316 g/mol. The molecule has 0 amide bonds. The molecular formula is C12H14F2N4O2S. The first-order valence-electron chi connectivity index (χ1n) is 6.02. The van der Waals surface area contributed by atoms with Crippen molar-refractivity contribution in [2.75, 3.05) is 12.3 Å². The molecule has 0 aliphatic heterocycles. The topological polar surface area (TPSA) is 90.0 Å². The maximum atomic E-state index is 13.7. The Labute approximate surface area is 120 Å². The zero-order valence-electron chi connectivity index (χ0n) is 11.2. The van der Waals surface area contributed by atoms with Crippen LogP contribution in [0.2, 0.25) is 0 Å². The van der Waals surface area contributed by atoms with Crippen LogP contribution in [0.1, 0.15) is 5.82 Å². The summed E-state index contributed by atoms with van der Waals surface area (Å²) in [4.78, 5) is 3.36. The third-order valence-corrected chi connectivity index (χ3v) is 4.42. The molecule has 0 radical (unpaired) electrons. The van der Waals surface area contributed by atoms with Gasteiger partial charge in [0, 0.05) is 32.4 Å². The van der Waals surface area contributed by atoms with Crippen LogP contribution in [0.5, 0.6) is 0 Å². The van der Waals surface area contributed by atoms with Crippen molar-refractivity contribution in [3.8, 4) is 0 Å². The van der Waals surface area contributed by atoms with Gasteiger partial charge in [0.15, 0.2) is 5.82 Å². The molecule has 3 N–H and O–H groups in total. The summed E-state index contributed by atoms with van der Waals surface area (Å²) < 4.78 is 54.7. The maximum absolute atomic E-state index is 13.7. The second-order valence-electron chi connectivity index (χ2n) is 4.38. The maximum Gasteiger partial charge on any atom is 0.243 e. The third-order valence-electron chi connectivity index (χ3n) is 2.94. The summed E-state index contributed by atoms with van der Waals surface area (Å²) in [6.45, 7) is 0.0317. The van der Waals surface area contributed by atoms with Crippen LogP contribution < -0.4 is 10.5 Å². The van der Waals surface area contributed by atoms with Crippen LogP contribution in [-0.4, -0.2) is 24.5 Å². The number of nitrogen functional groups attached to an aromatic ring is 1. The number of imidazole rings is 1. The van der Waals surface area contributed by atoms with Gasteiger partial charge in [-0.05, 0) is 12.1 Å². The van der Waals surface area contributed by atoms with E-state index in [-0.39, 0.29) is 6.54 Å². The minimum absolute atomic E-state index is 0.0317. The lowest BCUT2D eigenvalue weighted by Crippen LogP contribution is -2.27. The molecule has 0 saturated heterocycles. The lowest BCUT2D eigenvalue weighted by Gasteiger charge is -2.09. The molecule has 21 heavy (non-hydrogen) atoms. The van der Waals surface area contributed by atoms with E-state index in [1.807, 2.05) is 0 Å². The van der Waals surface area contributed by atoms with E-state index in [4.69, 9.17) is 5.73 Å². The molecule has 0 fully saturated rings. The molecule has 0 saturated carbocycles. The summed E-state index contributed by atoms with van der Waals surface area (Å²) in [6, 6.07) is 1.65. The first kappa shape index (κ1) is 15.4. The Kier molecular flexibility index (Phi) is 4.24. The van der Waals surface area contributed by atoms with Gasteiger partial charge in [0.25, 0.3) is 0 Å². The molecule has 0 atom stereocenters. The molecule has 6 nitrogen and oxygen atoms in total. The Morgan fingerprint density at radius 3 is 2.71 bits per heavy atom. The van der Waals surface area contributed by atoms with Crippen molar-refractivity contribution in [1.82, 2.24) is 14.3 Å². The highest BCUT2D eigenvalue weighted by Crippen LogP contribution is 2.22. The fourth-order valence-corrected chi connectivity index (χ4v) is 2.89. The Hall–Kier alpha value is -2.00. The standard InChI is InChI=1S/C12H14F2N4O2S/c1-18-7-6-16-10(18)4-5-17-21(19,20)9-3-2-8(13)12(15)11(9)14/h2-3,6-7,17H,4-5,15H2,1H3. The lowest BCUT2D eigenvalue weighted by atomic mass is 10.3. The van der Waals surface area contributed by atoms with Crippen molar-refractivity contribution in [1.29, 1.82) is 0 Å². The highest BCUT2D eigenvalue weighted by molar-refractivity contribution is 7.89. The van der Waals surface area contributed by atoms with Crippen LogP contribution in [0.25, 0.3) is 0 Å². The van der Waals surface area contributed by atoms with Crippen LogP contribution in [-0.2, 0) is 23.5 Å². The largest absolute Gasteiger partial charge is 0.394 e. The summed E-state index contributed by atoms with van der Waals surface area (Å²) in [5.74, 6) is -1.62. The Morgan fingerprint density at radius 2 is 2.10 bits per heavy atom. The number of nitrogens with zero attached hydrogens (tertiary/aromatic N) is 2. The van der Waals surface area contributed by atoms with Crippen molar-refractivity contribution in [2.45, 2.75) is 11.3 Å². The summed E-state index contributed by atoms with van der Waals surface area (Å²) in [5.41, 5.74) is 4.33. The number of benzene rings is 1. The van der Waals surface area contributed by atoms with Crippen LogP contribution in [0.15, 0.2) is 29.4 Å². The van der Waals surface area contributed by atoms with E-state index in [0.29, 0.717) is 12.2 Å². The van der Waals surface area contributed by atoms with E-state index >= 15 is 0 Å². The van der Waals surface area contributed by atoms with Crippen LogP contribution in [0, 0.1) is 11.6 Å². The SMILES string of the molecule is Cn1ccnc1CCNS(=O)(=O)c1ccc(F)c(N)c1F. The Balaban J connectivity index is 2.12. The van der Waals surface area contributed by atoms with Gasteiger partial charge in [-0.3, -0.25) is 0 Å². The zero-order valence-corrected chi connectivity index (χ0v) is 12.0. The molecule has 9 heteroatoms. The molecule has 1 aromatic heterocycles. The number of nitrogens with two attached hydrogens (primary N) is 1. The molecule has 0 unspecified atom stereocenters. The second kappa shape index (κ2) is 5.78. The molecule has 2 aromatic rings. The van der Waals surface area contributed by atoms with Crippen LogP contribution in [0.4, 0.5) is 14.5 Å². The molecule has 0 aliphatic carbocycles. The van der Waals surface area contributed by atoms with E-state index in [0.717, 1.165) is 12.1 Å². The number of halogens is 2. The third kappa shape index (κ3) is 3.19. The van der Waals surface area contributed by atoms with Gasteiger partial charge in [0.2, 0.25) is 10.0 Å². The number of aryl methyl sites for hydroxylation is 1. The molecule has 114 valence electrons. The van der Waals surface area contributed by atoms with E-state index in [2.05, 4.69) is 9.71 Å². The van der Waals surface area contributed by atoms with Gasteiger partial charge in [-0.25, -0.2) is 26.9 Å². The van der Waals surface area contributed by atoms with Crippen molar-refractivity contribution in [2.24, 2.45) is 7.05 Å². The highest BCUT2D eigenvalue weighted by atomic mass is 32.2. The lowest BCUT2D eigenvalue weighted by molar-refractivity contribution is 0.547. The van der Waals surface area contributed by atoms with Crippen molar-refractivity contribution >= 4 is 15.7 Å². The summed E-state index contributed by atoms with van der Waals surface area (Å²) >= 11 is 0. The van der Waals surface area contributed by atoms with E-state index in [1.165, 1.54) is 0 Å². The summed E-state index contributed by atoms with van der Waals surface area (Å²) in [7, 11) is -2.33. The van der Waals surface area contributed by atoms with Crippen molar-refractivity contribution in [3.63, 3.8) is 0 Å². The highest BCUT2D eigenvalue weighted by Gasteiger charge is 2.22. The smallest absolute Gasteiger partial charge is 0.243 e. The molecule has 1 aromatic carbocycles. The van der Waals surface area contributed by atoms with Crippen LogP contribution >= 0.6 is 0 Å². The first-order chi connectivity index (χ1) is 9.83. The minimum Gasteiger partial charge on any atom is -0.394 e. The molecule has 2 rings (SSSR count). The zero-order chi connectivity index (χ0) is 15.6. The number of hydrogen-bond acceptors (Lipinski definition) is 4. The average Bonchev–Trinajstić information content (AvgIpc) is 2.81. The number of nitrogens with one attached hydrogen (secondary N) is 1. The van der Waals surface area contributed by atoms with E-state index in [9.17, 15) is 17.2 Å². The second-order valence-corrected chi connectivity index (χ2v) is 6.11. The predicted octanol–water partition coefficient (Wildman–Crippen LogP) is 0.802. The molecule has 0 aliphatic rings. The van der Waals surface area contributed by atoms with Gasteiger partial charge in [-0.1, -0.05) is 0 Å². The van der Waals surface area contributed by atoms with Gasteiger partial charge >= 0.3 is 0 Å². The summed E-state index contributed by atoms with van der Waals surface area (Å²) in [6.07, 6.45) is 3.65. The van der Waals surface area contributed by atoms with Gasteiger partial charge in [-0.15, -0.1) is 0 Å². The number of sulfonamides is 1. The normalized spacial score (nSPS) is 11.8. The Morgan fingerprint density at radius 1 is 1.38 bits per heavy atom. The summed E-state index contributed by atoms with van der Waals surface area (Å²) in [5, 5.41) is 0.